The summed E-state index contributed by atoms with van der Waals surface area (Å²) >= 11 is 1.32. The van der Waals surface area contributed by atoms with Crippen molar-refractivity contribution in [3.8, 4) is 11.5 Å². The minimum Gasteiger partial charge on any atom is -0.495 e. The molecule has 36 heavy (non-hydrogen) atoms. The van der Waals surface area contributed by atoms with E-state index in [9.17, 15) is 13.2 Å². The smallest absolute Gasteiger partial charge is 0.281 e. The number of hydrogen-bond donors (Lipinski definition) is 1. The van der Waals surface area contributed by atoms with Crippen LogP contribution in [0.25, 0.3) is 10.2 Å². The van der Waals surface area contributed by atoms with E-state index < -0.39 is 15.9 Å². The molecule has 0 spiro atoms. The fraction of sp³-hybridized carbons (Fsp3) is 0.231. The van der Waals surface area contributed by atoms with Gasteiger partial charge < -0.3 is 14.0 Å². The molecule has 3 aromatic carbocycles. The highest BCUT2D eigenvalue weighted by Gasteiger charge is 2.20. The van der Waals surface area contributed by atoms with Gasteiger partial charge in [0.2, 0.25) is 0 Å². The minimum absolute atomic E-state index is 0.108. The van der Waals surface area contributed by atoms with Crippen LogP contribution in [0, 0.1) is 6.92 Å². The fourth-order valence-electron chi connectivity index (χ4n) is 3.80. The third kappa shape index (κ3) is 5.00. The van der Waals surface area contributed by atoms with Gasteiger partial charge in [-0.15, -0.1) is 0 Å². The Balaban J connectivity index is 1.80. The first-order valence-electron chi connectivity index (χ1n) is 11.3. The van der Waals surface area contributed by atoms with Crippen LogP contribution in [-0.2, 0) is 16.6 Å². The van der Waals surface area contributed by atoms with Crippen LogP contribution >= 0.6 is 11.3 Å². The van der Waals surface area contributed by atoms with Crippen molar-refractivity contribution in [3.63, 3.8) is 0 Å². The van der Waals surface area contributed by atoms with E-state index in [1.54, 1.807) is 50.6 Å². The highest BCUT2D eigenvalue weighted by atomic mass is 32.2. The number of nitrogens with zero attached hydrogens (tertiary/aromatic N) is 2. The van der Waals surface area contributed by atoms with Gasteiger partial charge in [0, 0.05) is 6.54 Å². The molecule has 1 amide bonds. The van der Waals surface area contributed by atoms with E-state index in [0.717, 1.165) is 22.2 Å². The van der Waals surface area contributed by atoms with Gasteiger partial charge in [0.1, 0.15) is 21.7 Å². The summed E-state index contributed by atoms with van der Waals surface area (Å²) in [7, 11) is -0.716. The average Bonchev–Trinajstić information content (AvgIpc) is 3.22. The van der Waals surface area contributed by atoms with Gasteiger partial charge in [-0.05, 0) is 49.7 Å². The number of sulfonamides is 1. The molecule has 0 unspecified atom stereocenters. The predicted octanol–water partition coefficient (Wildman–Crippen LogP) is 4.98. The third-order valence-electron chi connectivity index (χ3n) is 5.57. The Bertz CT molecular complexity index is 1590. The summed E-state index contributed by atoms with van der Waals surface area (Å²) < 4.78 is 42.3. The molecule has 4 rings (SSSR count). The Labute approximate surface area is 213 Å². The molecule has 4 aromatic rings. The largest absolute Gasteiger partial charge is 0.495 e. The van der Waals surface area contributed by atoms with Gasteiger partial charge >= 0.3 is 0 Å². The van der Waals surface area contributed by atoms with E-state index in [0.29, 0.717) is 22.8 Å². The molecule has 1 heterocycles. The maximum absolute atomic E-state index is 13.4. The molecule has 1 N–H and O–H groups in total. The Kier molecular flexibility index (Phi) is 7.46. The first kappa shape index (κ1) is 25.5. The Hall–Kier alpha value is -3.63. The molecule has 188 valence electrons. The predicted molar refractivity (Wildman–Crippen MR) is 142 cm³/mol. The van der Waals surface area contributed by atoms with Gasteiger partial charge in [0.05, 0.1) is 30.4 Å². The minimum atomic E-state index is -3.89. The van der Waals surface area contributed by atoms with E-state index in [4.69, 9.17) is 9.47 Å². The summed E-state index contributed by atoms with van der Waals surface area (Å²) in [5, 5.41) is 0. The molecular weight excluding hydrogens is 498 g/mol. The summed E-state index contributed by atoms with van der Waals surface area (Å²) in [4.78, 5) is 18.4. The molecule has 0 saturated carbocycles. The number of rotatable bonds is 8. The van der Waals surface area contributed by atoms with Crippen molar-refractivity contribution >= 4 is 43.2 Å². The molecule has 0 aliphatic heterocycles. The lowest BCUT2D eigenvalue weighted by atomic mass is 10.2. The number of anilines is 1. The number of carbonyl (C=O) groups excluding carboxylic acids is 1. The highest BCUT2D eigenvalue weighted by Crippen LogP contribution is 2.35. The van der Waals surface area contributed by atoms with Crippen molar-refractivity contribution in [1.82, 2.24) is 4.57 Å². The van der Waals surface area contributed by atoms with Gasteiger partial charge in [-0.2, -0.15) is 4.99 Å². The summed E-state index contributed by atoms with van der Waals surface area (Å²) in [5.41, 5.74) is 2.04. The van der Waals surface area contributed by atoms with Crippen LogP contribution in [0.4, 0.5) is 5.69 Å². The zero-order valence-corrected chi connectivity index (χ0v) is 22.1. The summed E-state index contributed by atoms with van der Waals surface area (Å²) in [6.07, 6.45) is 0.806. The second-order valence-electron chi connectivity index (χ2n) is 8.07. The zero-order valence-electron chi connectivity index (χ0n) is 20.4. The molecule has 0 aliphatic rings. The van der Waals surface area contributed by atoms with Crippen LogP contribution in [0.3, 0.4) is 0 Å². The van der Waals surface area contributed by atoms with Gasteiger partial charge in [-0.25, -0.2) is 8.42 Å². The monoisotopic (exact) mass is 525 g/mol. The van der Waals surface area contributed by atoms with Crippen LogP contribution in [0.15, 0.2) is 70.6 Å². The third-order valence-corrected chi connectivity index (χ3v) is 8.04. The number of fused-ring (bicyclic) bond motifs is 1. The number of benzene rings is 3. The number of ether oxygens (including phenoxy) is 2. The maximum atomic E-state index is 13.4. The number of nitrogens with one attached hydrogen (secondary N) is 1. The standard InChI is InChI=1S/C26H27N3O5S2/c1-5-16-29-23-21(33-3)14-15-22(34-4)24(23)35-26(29)27-25(30)19-8-6-7-9-20(19)28-36(31,32)18-12-10-17(2)11-13-18/h6-15,28H,5,16H2,1-4H3. The quantitative estimate of drug-likeness (QED) is 0.350. The van der Waals surface area contributed by atoms with Crippen molar-refractivity contribution in [1.29, 1.82) is 0 Å². The zero-order chi connectivity index (χ0) is 25.9. The van der Waals surface area contributed by atoms with Crippen LogP contribution in [-0.4, -0.2) is 33.1 Å². The van der Waals surface area contributed by atoms with Crippen molar-refractivity contribution in [2.75, 3.05) is 18.9 Å². The molecule has 0 aliphatic carbocycles. The number of carbonyl (C=O) groups is 1. The molecule has 0 bridgehead atoms. The van der Waals surface area contributed by atoms with Crippen molar-refractivity contribution in [3.05, 3.63) is 76.6 Å². The van der Waals surface area contributed by atoms with Crippen molar-refractivity contribution < 1.29 is 22.7 Å². The topological polar surface area (TPSA) is 99.0 Å². The van der Waals surface area contributed by atoms with Crippen LogP contribution in [0.2, 0.25) is 0 Å². The van der Waals surface area contributed by atoms with Crippen LogP contribution < -0.4 is 19.0 Å². The highest BCUT2D eigenvalue weighted by molar-refractivity contribution is 7.92. The number of aryl methyl sites for hydroxylation is 2. The molecule has 0 saturated heterocycles. The lowest BCUT2D eigenvalue weighted by Crippen LogP contribution is -2.19. The Morgan fingerprint density at radius 2 is 1.67 bits per heavy atom. The summed E-state index contributed by atoms with van der Waals surface area (Å²) in [6, 6.07) is 16.6. The summed E-state index contributed by atoms with van der Waals surface area (Å²) in [5.74, 6) is 0.739. The number of hydrogen-bond acceptors (Lipinski definition) is 6. The second-order valence-corrected chi connectivity index (χ2v) is 10.7. The molecule has 0 fully saturated rings. The van der Waals surface area contributed by atoms with E-state index in [1.807, 2.05) is 30.5 Å². The van der Waals surface area contributed by atoms with E-state index in [2.05, 4.69) is 9.71 Å². The normalized spacial score (nSPS) is 12.1. The fourth-order valence-corrected chi connectivity index (χ4v) is 6.04. The SMILES string of the molecule is CCCn1c(=NC(=O)c2ccccc2NS(=O)(=O)c2ccc(C)cc2)sc2c(OC)ccc(OC)c21. The number of para-hydroxylation sites is 1. The number of amides is 1. The molecular formula is C26H27N3O5S2. The Morgan fingerprint density at radius 3 is 2.33 bits per heavy atom. The molecule has 10 heteroatoms. The maximum Gasteiger partial charge on any atom is 0.281 e. The molecule has 0 atom stereocenters. The first-order chi connectivity index (χ1) is 17.3. The van der Waals surface area contributed by atoms with Gasteiger partial charge in [-0.1, -0.05) is 48.1 Å². The van der Waals surface area contributed by atoms with E-state index in [-0.39, 0.29) is 16.1 Å². The number of thiazole rings is 1. The number of methoxy groups -OCH3 is 2. The van der Waals surface area contributed by atoms with Gasteiger partial charge in [0.15, 0.2) is 4.80 Å². The first-order valence-corrected chi connectivity index (χ1v) is 13.6. The lowest BCUT2D eigenvalue weighted by molar-refractivity contribution is 0.0998. The Morgan fingerprint density at radius 1 is 1.00 bits per heavy atom. The van der Waals surface area contributed by atoms with Crippen molar-refractivity contribution in [2.45, 2.75) is 31.7 Å². The van der Waals surface area contributed by atoms with Gasteiger partial charge in [0.25, 0.3) is 15.9 Å². The molecule has 0 radical (unpaired) electrons. The van der Waals surface area contributed by atoms with E-state index >= 15 is 0 Å². The second kappa shape index (κ2) is 10.5. The molecule has 8 nitrogen and oxygen atoms in total. The summed E-state index contributed by atoms with van der Waals surface area (Å²) in [6.45, 7) is 4.52. The van der Waals surface area contributed by atoms with Crippen molar-refractivity contribution in [2.24, 2.45) is 4.99 Å². The van der Waals surface area contributed by atoms with E-state index in [1.165, 1.54) is 23.5 Å². The number of aromatic nitrogens is 1. The molecule has 1 aromatic heterocycles. The van der Waals surface area contributed by atoms with Gasteiger partial charge in [-0.3, -0.25) is 9.52 Å². The van der Waals surface area contributed by atoms with Crippen LogP contribution in [0.5, 0.6) is 11.5 Å². The van der Waals surface area contributed by atoms with Crippen LogP contribution in [0.1, 0.15) is 29.3 Å². The lowest BCUT2D eigenvalue weighted by Gasteiger charge is -2.11. The average molecular weight is 526 g/mol.